The minimum Gasteiger partial charge on any atom is -0.338 e. The van der Waals surface area contributed by atoms with E-state index in [0.717, 1.165) is 5.57 Å². The Bertz CT molecular complexity index is 175. The van der Waals surface area contributed by atoms with E-state index in [0.29, 0.717) is 13.1 Å². The summed E-state index contributed by atoms with van der Waals surface area (Å²) in [5, 5.41) is 0. The smallest absolute Gasteiger partial charge is 0.239 e. The highest BCUT2D eigenvalue weighted by Gasteiger charge is 2.14. The van der Waals surface area contributed by atoms with Gasteiger partial charge >= 0.3 is 0 Å². The van der Waals surface area contributed by atoms with Gasteiger partial charge in [0.05, 0.1) is 6.04 Å². The molecule has 0 aliphatic carbocycles. The summed E-state index contributed by atoms with van der Waals surface area (Å²) >= 11 is 0. The Morgan fingerprint density at radius 1 is 1.67 bits per heavy atom. The van der Waals surface area contributed by atoms with Crippen LogP contribution in [-0.2, 0) is 4.79 Å². The molecule has 0 bridgehead atoms. The SMILES string of the molecule is C=C(C)CN(CC)C(=O)[C@@H](C)N. The molecule has 0 unspecified atom stereocenters. The normalized spacial score (nSPS) is 12.3. The summed E-state index contributed by atoms with van der Waals surface area (Å²) in [7, 11) is 0. The molecule has 0 aromatic rings. The van der Waals surface area contributed by atoms with Crippen molar-refractivity contribution in [2.45, 2.75) is 26.8 Å². The van der Waals surface area contributed by atoms with E-state index < -0.39 is 6.04 Å². The summed E-state index contributed by atoms with van der Waals surface area (Å²) in [6.45, 7) is 10.6. The van der Waals surface area contributed by atoms with Crippen LogP contribution in [0.25, 0.3) is 0 Å². The Morgan fingerprint density at radius 3 is 2.42 bits per heavy atom. The first-order valence-electron chi connectivity index (χ1n) is 4.17. The summed E-state index contributed by atoms with van der Waals surface area (Å²) in [6, 6.07) is -0.413. The third kappa shape index (κ3) is 3.53. The van der Waals surface area contributed by atoms with Crippen LogP contribution in [0.2, 0.25) is 0 Å². The highest BCUT2D eigenvalue weighted by molar-refractivity contribution is 5.81. The van der Waals surface area contributed by atoms with E-state index >= 15 is 0 Å². The van der Waals surface area contributed by atoms with Crippen molar-refractivity contribution in [3.63, 3.8) is 0 Å². The second kappa shape index (κ2) is 4.93. The molecule has 0 rings (SSSR count). The summed E-state index contributed by atoms with van der Waals surface area (Å²) in [4.78, 5) is 13.1. The van der Waals surface area contributed by atoms with Gasteiger partial charge in [0.25, 0.3) is 0 Å². The molecule has 0 aliphatic heterocycles. The van der Waals surface area contributed by atoms with Gasteiger partial charge < -0.3 is 10.6 Å². The van der Waals surface area contributed by atoms with E-state index in [4.69, 9.17) is 5.73 Å². The molecule has 0 aliphatic rings. The van der Waals surface area contributed by atoms with Crippen LogP contribution in [-0.4, -0.2) is 29.9 Å². The van der Waals surface area contributed by atoms with Gasteiger partial charge in [-0.25, -0.2) is 0 Å². The van der Waals surface area contributed by atoms with Gasteiger partial charge in [0.15, 0.2) is 0 Å². The van der Waals surface area contributed by atoms with Gasteiger partial charge in [0.2, 0.25) is 5.91 Å². The first-order chi connectivity index (χ1) is 5.49. The molecular formula is C9H18N2O. The molecule has 0 radical (unpaired) electrons. The van der Waals surface area contributed by atoms with Crippen molar-refractivity contribution in [2.24, 2.45) is 5.73 Å². The molecule has 70 valence electrons. The number of carbonyl (C=O) groups excluding carboxylic acids is 1. The van der Waals surface area contributed by atoms with Crippen molar-refractivity contribution in [3.8, 4) is 0 Å². The van der Waals surface area contributed by atoms with E-state index in [-0.39, 0.29) is 5.91 Å². The molecule has 0 fully saturated rings. The molecule has 1 amide bonds. The molecule has 3 heteroatoms. The van der Waals surface area contributed by atoms with Gasteiger partial charge in [-0.2, -0.15) is 0 Å². The molecule has 12 heavy (non-hydrogen) atoms. The molecular weight excluding hydrogens is 152 g/mol. The quantitative estimate of drug-likeness (QED) is 0.633. The van der Waals surface area contributed by atoms with Crippen LogP contribution in [0.5, 0.6) is 0 Å². The number of hydrogen-bond acceptors (Lipinski definition) is 2. The molecule has 0 spiro atoms. The van der Waals surface area contributed by atoms with E-state index in [1.165, 1.54) is 0 Å². The number of hydrogen-bond donors (Lipinski definition) is 1. The number of nitrogens with zero attached hydrogens (tertiary/aromatic N) is 1. The maximum Gasteiger partial charge on any atom is 0.239 e. The van der Waals surface area contributed by atoms with Gasteiger partial charge in [-0.1, -0.05) is 12.2 Å². The van der Waals surface area contributed by atoms with E-state index in [1.807, 2.05) is 13.8 Å². The lowest BCUT2D eigenvalue weighted by Gasteiger charge is -2.22. The van der Waals surface area contributed by atoms with Gasteiger partial charge in [-0.05, 0) is 20.8 Å². The summed E-state index contributed by atoms with van der Waals surface area (Å²) < 4.78 is 0. The van der Waals surface area contributed by atoms with E-state index in [1.54, 1.807) is 11.8 Å². The third-order valence-electron chi connectivity index (χ3n) is 1.54. The average Bonchev–Trinajstić information content (AvgIpc) is 1.98. The average molecular weight is 170 g/mol. The van der Waals surface area contributed by atoms with Crippen molar-refractivity contribution in [2.75, 3.05) is 13.1 Å². The summed E-state index contributed by atoms with van der Waals surface area (Å²) in [5.41, 5.74) is 6.44. The molecule has 0 heterocycles. The lowest BCUT2D eigenvalue weighted by Crippen LogP contribution is -2.42. The van der Waals surface area contributed by atoms with Crippen LogP contribution < -0.4 is 5.73 Å². The van der Waals surface area contributed by atoms with Crippen molar-refractivity contribution in [3.05, 3.63) is 12.2 Å². The highest BCUT2D eigenvalue weighted by atomic mass is 16.2. The molecule has 0 saturated carbocycles. The number of amides is 1. The lowest BCUT2D eigenvalue weighted by molar-refractivity contribution is -0.131. The Balaban J connectivity index is 4.15. The Labute approximate surface area is 74.2 Å². The fourth-order valence-electron chi connectivity index (χ4n) is 0.959. The largest absolute Gasteiger partial charge is 0.338 e. The number of carbonyl (C=O) groups is 1. The molecule has 1 atom stereocenters. The topological polar surface area (TPSA) is 46.3 Å². The second-order valence-corrected chi connectivity index (χ2v) is 3.10. The fourth-order valence-corrected chi connectivity index (χ4v) is 0.959. The van der Waals surface area contributed by atoms with Crippen molar-refractivity contribution in [1.82, 2.24) is 4.90 Å². The second-order valence-electron chi connectivity index (χ2n) is 3.10. The highest BCUT2D eigenvalue weighted by Crippen LogP contribution is 1.97. The number of rotatable bonds is 4. The van der Waals surface area contributed by atoms with Crippen LogP contribution in [0.3, 0.4) is 0 Å². The molecule has 0 aromatic heterocycles. The first kappa shape index (κ1) is 11.2. The summed E-state index contributed by atoms with van der Waals surface area (Å²) in [5.74, 6) is -0.0134. The Hall–Kier alpha value is -0.830. The van der Waals surface area contributed by atoms with Crippen LogP contribution in [0, 0.1) is 0 Å². The van der Waals surface area contributed by atoms with E-state index in [9.17, 15) is 4.79 Å². The van der Waals surface area contributed by atoms with Gasteiger partial charge in [-0.15, -0.1) is 0 Å². The third-order valence-corrected chi connectivity index (χ3v) is 1.54. The molecule has 3 nitrogen and oxygen atoms in total. The number of nitrogens with two attached hydrogens (primary N) is 1. The van der Waals surface area contributed by atoms with Gasteiger partial charge in [-0.3, -0.25) is 4.79 Å². The Morgan fingerprint density at radius 2 is 2.17 bits per heavy atom. The first-order valence-corrected chi connectivity index (χ1v) is 4.17. The maximum absolute atomic E-state index is 11.4. The van der Waals surface area contributed by atoms with Crippen LogP contribution in [0.1, 0.15) is 20.8 Å². The fraction of sp³-hybridized carbons (Fsp3) is 0.667. The zero-order valence-corrected chi connectivity index (χ0v) is 8.13. The Kier molecular flexibility index (Phi) is 4.59. The monoisotopic (exact) mass is 170 g/mol. The van der Waals surface area contributed by atoms with Crippen LogP contribution in [0.15, 0.2) is 12.2 Å². The van der Waals surface area contributed by atoms with Crippen LogP contribution in [0.4, 0.5) is 0 Å². The maximum atomic E-state index is 11.4. The molecule has 0 aromatic carbocycles. The van der Waals surface area contributed by atoms with Gasteiger partial charge in [0, 0.05) is 13.1 Å². The zero-order valence-electron chi connectivity index (χ0n) is 8.13. The predicted octanol–water partition coefficient (Wildman–Crippen LogP) is 0.758. The lowest BCUT2D eigenvalue weighted by atomic mass is 10.2. The standard InChI is InChI=1S/C9H18N2O/c1-5-11(6-7(2)3)9(12)8(4)10/h8H,2,5-6,10H2,1,3-4H3/t8-/m1/s1. The summed E-state index contributed by atoms with van der Waals surface area (Å²) in [6.07, 6.45) is 0. The molecule has 0 saturated heterocycles. The minimum atomic E-state index is -0.413. The van der Waals surface area contributed by atoms with Crippen molar-refractivity contribution >= 4 is 5.91 Å². The zero-order chi connectivity index (χ0) is 9.72. The minimum absolute atomic E-state index is 0.0134. The molecule has 2 N–H and O–H groups in total. The predicted molar refractivity (Wildman–Crippen MR) is 50.7 cm³/mol. The number of likely N-dealkylation sites (N-methyl/N-ethyl adjacent to an activating group) is 1. The van der Waals surface area contributed by atoms with Crippen LogP contribution >= 0.6 is 0 Å². The van der Waals surface area contributed by atoms with Crippen molar-refractivity contribution in [1.29, 1.82) is 0 Å². The van der Waals surface area contributed by atoms with E-state index in [2.05, 4.69) is 6.58 Å². The van der Waals surface area contributed by atoms with Crippen molar-refractivity contribution < 1.29 is 4.79 Å². The van der Waals surface area contributed by atoms with Gasteiger partial charge in [0.1, 0.15) is 0 Å².